The minimum atomic E-state index is -0.0587. The Balaban J connectivity index is 1.71. The predicted molar refractivity (Wildman–Crippen MR) is 156 cm³/mol. The van der Waals surface area contributed by atoms with Crippen molar-refractivity contribution in [2.45, 2.75) is 5.92 Å². The highest BCUT2D eigenvalue weighted by atomic mass is 79.9. The molecule has 1 unspecified atom stereocenters. The van der Waals surface area contributed by atoms with Crippen LogP contribution in [0.4, 0.5) is 0 Å². The van der Waals surface area contributed by atoms with Gasteiger partial charge in [0.15, 0.2) is 0 Å². The van der Waals surface area contributed by atoms with Gasteiger partial charge in [0, 0.05) is 38.4 Å². The molecular weight excluding hydrogens is 562 g/mol. The van der Waals surface area contributed by atoms with E-state index < -0.39 is 0 Å². The van der Waals surface area contributed by atoms with E-state index in [-0.39, 0.29) is 5.92 Å². The standard InChI is InChI=1S/C32H25BrClNO3/c1-36-24-14-8-20(9-15-24)27-18-26(19-6-12-23(34)13-7-19)32-30(21-4-10-22(33)11-5-21)31-28(35(27)32)16-25(37-2)17-29(31)38-3/h4-18,30H,1-3H3. The Morgan fingerprint density at radius 2 is 1.37 bits per heavy atom. The maximum atomic E-state index is 6.28. The van der Waals surface area contributed by atoms with Crippen molar-refractivity contribution in [2.24, 2.45) is 0 Å². The molecule has 1 aromatic heterocycles. The Labute approximate surface area is 235 Å². The normalized spacial score (nSPS) is 13.7. The fourth-order valence-corrected chi connectivity index (χ4v) is 5.76. The molecule has 2 heterocycles. The summed E-state index contributed by atoms with van der Waals surface area (Å²) in [5.41, 5.74) is 8.87. The van der Waals surface area contributed by atoms with Gasteiger partial charge < -0.3 is 18.8 Å². The summed E-state index contributed by atoms with van der Waals surface area (Å²) in [6, 6.07) is 31.0. The SMILES string of the molecule is COc1ccc(-c2cc(-c3ccc(Cl)cc3)c3n2-c2cc(OC)cc(OC)c2C3c2ccc(Br)cc2)cc1. The number of rotatable bonds is 6. The van der Waals surface area contributed by atoms with E-state index in [4.69, 9.17) is 25.8 Å². The molecule has 5 aromatic rings. The lowest BCUT2D eigenvalue weighted by Gasteiger charge is -2.18. The Morgan fingerprint density at radius 3 is 2.00 bits per heavy atom. The summed E-state index contributed by atoms with van der Waals surface area (Å²) in [6.07, 6.45) is 0. The third-order valence-corrected chi connectivity index (χ3v) is 7.92. The second kappa shape index (κ2) is 9.90. The molecule has 4 aromatic carbocycles. The van der Waals surface area contributed by atoms with Crippen LogP contribution < -0.4 is 14.2 Å². The molecule has 0 saturated heterocycles. The Bertz CT molecular complexity index is 1620. The average molecular weight is 587 g/mol. The molecule has 0 N–H and O–H groups in total. The third-order valence-electron chi connectivity index (χ3n) is 7.14. The largest absolute Gasteiger partial charge is 0.497 e. The molecule has 0 aliphatic carbocycles. The quantitative estimate of drug-likeness (QED) is 0.196. The zero-order valence-electron chi connectivity index (χ0n) is 21.2. The van der Waals surface area contributed by atoms with Crippen molar-refractivity contribution in [1.29, 1.82) is 0 Å². The molecule has 6 heteroatoms. The van der Waals surface area contributed by atoms with Gasteiger partial charge >= 0.3 is 0 Å². The molecule has 0 fully saturated rings. The number of fused-ring (bicyclic) bond motifs is 3. The predicted octanol–water partition coefficient (Wildman–Crippen LogP) is 8.75. The van der Waals surface area contributed by atoms with Gasteiger partial charge in [-0.25, -0.2) is 0 Å². The number of ether oxygens (including phenoxy) is 3. The first-order valence-electron chi connectivity index (χ1n) is 12.2. The van der Waals surface area contributed by atoms with Crippen molar-refractivity contribution < 1.29 is 14.2 Å². The van der Waals surface area contributed by atoms with Crippen molar-refractivity contribution in [1.82, 2.24) is 4.57 Å². The van der Waals surface area contributed by atoms with E-state index in [1.54, 1.807) is 21.3 Å². The van der Waals surface area contributed by atoms with Gasteiger partial charge in [0.25, 0.3) is 0 Å². The summed E-state index contributed by atoms with van der Waals surface area (Å²) in [5.74, 6) is 2.29. The molecule has 6 rings (SSSR count). The lowest BCUT2D eigenvalue weighted by Crippen LogP contribution is -2.03. The third kappa shape index (κ3) is 4.07. The number of nitrogens with zero attached hydrogens (tertiary/aromatic N) is 1. The van der Waals surface area contributed by atoms with Crippen molar-refractivity contribution >= 4 is 27.5 Å². The molecule has 0 saturated carbocycles. The highest BCUT2D eigenvalue weighted by molar-refractivity contribution is 9.10. The van der Waals surface area contributed by atoms with Crippen LogP contribution in [0.25, 0.3) is 28.1 Å². The van der Waals surface area contributed by atoms with Gasteiger partial charge in [-0.2, -0.15) is 0 Å². The smallest absolute Gasteiger partial charge is 0.128 e. The second-order valence-corrected chi connectivity index (χ2v) is 10.5. The van der Waals surface area contributed by atoms with Gasteiger partial charge in [-0.3, -0.25) is 0 Å². The maximum Gasteiger partial charge on any atom is 0.128 e. The number of halogens is 2. The minimum absolute atomic E-state index is 0.0587. The highest BCUT2D eigenvalue weighted by Crippen LogP contribution is 2.54. The van der Waals surface area contributed by atoms with Crippen LogP contribution >= 0.6 is 27.5 Å². The van der Waals surface area contributed by atoms with Gasteiger partial charge in [0.1, 0.15) is 17.2 Å². The fraction of sp³-hybridized carbons (Fsp3) is 0.125. The summed E-state index contributed by atoms with van der Waals surface area (Å²) < 4.78 is 20.5. The van der Waals surface area contributed by atoms with E-state index in [0.29, 0.717) is 5.02 Å². The molecule has 1 aliphatic rings. The molecule has 0 amide bonds. The number of methoxy groups -OCH3 is 3. The summed E-state index contributed by atoms with van der Waals surface area (Å²) >= 11 is 9.88. The fourth-order valence-electron chi connectivity index (χ4n) is 5.37. The van der Waals surface area contributed by atoms with Crippen molar-refractivity contribution in [2.75, 3.05) is 21.3 Å². The lowest BCUT2D eigenvalue weighted by molar-refractivity contribution is 0.391. The van der Waals surface area contributed by atoms with E-state index in [2.05, 4.69) is 81.2 Å². The number of hydrogen-bond donors (Lipinski definition) is 0. The van der Waals surface area contributed by atoms with Gasteiger partial charge in [-0.05, 0) is 71.3 Å². The van der Waals surface area contributed by atoms with Crippen LogP contribution in [0.5, 0.6) is 17.2 Å². The van der Waals surface area contributed by atoms with E-state index in [1.807, 2.05) is 30.3 Å². The zero-order chi connectivity index (χ0) is 26.4. The molecule has 0 bridgehead atoms. The van der Waals surface area contributed by atoms with E-state index in [0.717, 1.165) is 55.4 Å². The zero-order valence-corrected chi connectivity index (χ0v) is 23.5. The van der Waals surface area contributed by atoms with Crippen molar-refractivity contribution in [3.05, 3.63) is 117 Å². The molecule has 1 atom stereocenters. The van der Waals surface area contributed by atoms with Crippen LogP contribution in [0.15, 0.2) is 95.5 Å². The summed E-state index contributed by atoms with van der Waals surface area (Å²) in [6.45, 7) is 0. The van der Waals surface area contributed by atoms with Crippen LogP contribution in [0, 0.1) is 0 Å². The molecule has 1 aliphatic heterocycles. The van der Waals surface area contributed by atoms with Gasteiger partial charge in [-0.1, -0.05) is 51.8 Å². The second-order valence-electron chi connectivity index (χ2n) is 9.15. The van der Waals surface area contributed by atoms with E-state index in [9.17, 15) is 0 Å². The van der Waals surface area contributed by atoms with Gasteiger partial charge in [-0.15, -0.1) is 0 Å². The van der Waals surface area contributed by atoms with E-state index >= 15 is 0 Å². The number of aromatic nitrogens is 1. The van der Waals surface area contributed by atoms with Crippen LogP contribution in [0.3, 0.4) is 0 Å². The van der Waals surface area contributed by atoms with Crippen LogP contribution in [-0.4, -0.2) is 25.9 Å². The Hall–Kier alpha value is -3.67. The number of benzene rings is 4. The average Bonchev–Trinajstić information content (AvgIpc) is 3.50. The van der Waals surface area contributed by atoms with Gasteiger partial charge in [0.05, 0.1) is 38.6 Å². The van der Waals surface area contributed by atoms with Crippen LogP contribution in [0.1, 0.15) is 22.7 Å². The first-order chi connectivity index (χ1) is 18.5. The van der Waals surface area contributed by atoms with E-state index in [1.165, 1.54) is 11.3 Å². The molecule has 4 nitrogen and oxygen atoms in total. The highest BCUT2D eigenvalue weighted by Gasteiger charge is 2.38. The topological polar surface area (TPSA) is 32.6 Å². The maximum absolute atomic E-state index is 6.28. The first-order valence-corrected chi connectivity index (χ1v) is 13.4. The summed E-state index contributed by atoms with van der Waals surface area (Å²) in [4.78, 5) is 0. The molecule has 38 heavy (non-hydrogen) atoms. The molecule has 0 spiro atoms. The van der Waals surface area contributed by atoms with Crippen molar-refractivity contribution in [3.8, 4) is 45.3 Å². The first kappa shape index (κ1) is 24.7. The molecule has 0 radical (unpaired) electrons. The Kier molecular flexibility index (Phi) is 6.42. The monoisotopic (exact) mass is 585 g/mol. The molecule has 190 valence electrons. The van der Waals surface area contributed by atoms with Crippen LogP contribution in [0.2, 0.25) is 5.02 Å². The lowest BCUT2D eigenvalue weighted by atomic mass is 9.86. The Morgan fingerprint density at radius 1 is 0.711 bits per heavy atom. The van der Waals surface area contributed by atoms with Gasteiger partial charge in [0.2, 0.25) is 0 Å². The minimum Gasteiger partial charge on any atom is -0.497 e. The molecular formula is C32H25BrClNO3. The van der Waals surface area contributed by atoms with Crippen molar-refractivity contribution in [3.63, 3.8) is 0 Å². The summed E-state index contributed by atoms with van der Waals surface area (Å²) in [7, 11) is 5.08. The van der Waals surface area contributed by atoms with Crippen LogP contribution in [-0.2, 0) is 0 Å². The number of hydrogen-bond acceptors (Lipinski definition) is 3. The summed E-state index contributed by atoms with van der Waals surface area (Å²) in [5, 5.41) is 0.708.